The van der Waals surface area contributed by atoms with Gasteiger partial charge in [0.15, 0.2) is 5.17 Å². The lowest BCUT2D eigenvalue weighted by Gasteiger charge is -2.14. The number of furan rings is 1. The predicted octanol–water partition coefficient (Wildman–Crippen LogP) is 5.01. The number of nitrogens with one attached hydrogen (secondary N) is 1. The minimum Gasteiger partial charge on any atom is -0.497 e. The summed E-state index contributed by atoms with van der Waals surface area (Å²) in [5.41, 5.74) is 1.60. The van der Waals surface area contributed by atoms with Crippen molar-refractivity contribution in [3.05, 3.63) is 77.4 Å². The first-order chi connectivity index (χ1) is 13.2. The third-order valence-corrected chi connectivity index (χ3v) is 5.00. The van der Waals surface area contributed by atoms with Crippen molar-refractivity contribution in [3.8, 4) is 17.1 Å². The quantitative estimate of drug-likeness (QED) is 0.650. The Hall–Kier alpha value is -3.25. The van der Waals surface area contributed by atoms with Gasteiger partial charge in [0.05, 0.1) is 17.7 Å². The van der Waals surface area contributed by atoms with Crippen LogP contribution >= 0.6 is 11.8 Å². The highest BCUT2D eigenvalue weighted by Crippen LogP contribution is 2.36. The Balaban J connectivity index is 1.59. The van der Waals surface area contributed by atoms with E-state index in [4.69, 9.17) is 14.6 Å². The van der Waals surface area contributed by atoms with E-state index >= 15 is 0 Å². The summed E-state index contributed by atoms with van der Waals surface area (Å²) in [5.74, 6) is 1.77. The number of amidine groups is 1. The maximum absolute atomic E-state index is 12.8. The Morgan fingerprint density at radius 1 is 1.04 bits per heavy atom. The molecule has 0 radical (unpaired) electrons. The molecule has 2 heterocycles. The lowest BCUT2D eigenvalue weighted by Crippen LogP contribution is -2.27. The molecule has 1 saturated heterocycles. The van der Waals surface area contributed by atoms with Gasteiger partial charge in [-0.25, -0.2) is 0 Å². The third-order valence-electron chi connectivity index (χ3n) is 4.11. The van der Waals surface area contributed by atoms with Crippen LogP contribution in [-0.4, -0.2) is 18.2 Å². The van der Waals surface area contributed by atoms with Crippen LogP contribution in [0.2, 0.25) is 0 Å². The molecule has 4 rings (SSSR count). The molecule has 0 saturated carbocycles. The maximum Gasteiger partial charge on any atom is 0.271 e. The van der Waals surface area contributed by atoms with Crippen molar-refractivity contribution in [3.63, 3.8) is 0 Å². The first-order valence-corrected chi connectivity index (χ1v) is 9.09. The van der Waals surface area contributed by atoms with Crippen LogP contribution in [0.5, 0.6) is 5.75 Å². The summed E-state index contributed by atoms with van der Waals surface area (Å²) in [6, 6.07) is 20.5. The normalized spacial score (nSPS) is 15.6. The van der Waals surface area contributed by atoms with Gasteiger partial charge >= 0.3 is 0 Å². The van der Waals surface area contributed by atoms with Crippen LogP contribution in [0.3, 0.4) is 0 Å². The molecule has 3 aromatic rings. The van der Waals surface area contributed by atoms with E-state index in [1.165, 1.54) is 4.90 Å². The van der Waals surface area contributed by atoms with Crippen LogP contribution in [0.1, 0.15) is 5.76 Å². The molecule has 1 aromatic heterocycles. The van der Waals surface area contributed by atoms with Crippen molar-refractivity contribution in [2.75, 3.05) is 12.0 Å². The van der Waals surface area contributed by atoms with Gasteiger partial charge in [-0.1, -0.05) is 30.3 Å². The summed E-state index contributed by atoms with van der Waals surface area (Å²) < 4.78 is 11.0. The Morgan fingerprint density at radius 3 is 2.48 bits per heavy atom. The molecule has 1 amide bonds. The van der Waals surface area contributed by atoms with Crippen molar-refractivity contribution in [2.45, 2.75) is 0 Å². The Kier molecular flexibility index (Phi) is 4.56. The van der Waals surface area contributed by atoms with Crippen LogP contribution < -0.4 is 9.64 Å². The number of hydrogen-bond donors (Lipinski definition) is 1. The average molecular weight is 376 g/mol. The highest BCUT2D eigenvalue weighted by atomic mass is 32.2. The number of rotatable bonds is 4. The fraction of sp³-hybridized carbons (Fsp3) is 0.0476. The molecule has 0 spiro atoms. The summed E-state index contributed by atoms with van der Waals surface area (Å²) >= 11 is 1.12. The van der Waals surface area contributed by atoms with E-state index in [9.17, 15) is 4.79 Å². The van der Waals surface area contributed by atoms with E-state index < -0.39 is 0 Å². The number of hydrogen-bond acceptors (Lipinski definition) is 5. The van der Waals surface area contributed by atoms with Gasteiger partial charge in [-0.3, -0.25) is 15.1 Å². The first-order valence-electron chi connectivity index (χ1n) is 8.27. The van der Waals surface area contributed by atoms with Crippen LogP contribution in [-0.2, 0) is 4.79 Å². The molecule has 134 valence electrons. The molecule has 0 unspecified atom stereocenters. The molecule has 1 N–H and O–H groups in total. The number of nitrogens with zero attached hydrogens (tertiary/aromatic N) is 1. The molecule has 27 heavy (non-hydrogen) atoms. The lowest BCUT2D eigenvalue weighted by atomic mass is 10.2. The van der Waals surface area contributed by atoms with Crippen molar-refractivity contribution in [2.24, 2.45) is 0 Å². The number of methoxy groups -OCH3 is 1. The van der Waals surface area contributed by atoms with E-state index in [-0.39, 0.29) is 11.1 Å². The molecule has 1 aliphatic heterocycles. The summed E-state index contributed by atoms with van der Waals surface area (Å²) in [6.07, 6.45) is 1.68. The molecule has 1 aliphatic rings. The summed E-state index contributed by atoms with van der Waals surface area (Å²) in [5, 5.41) is 8.33. The minimum atomic E-state index is -0.243. The fourth-order valence-electron chi connectivity index (χ4n) is 2.77. The van der Waals surface area contributed by atoms with E-state index in [0.717, 1.165) is 23.1 Å². The van der Waals surface area contributed by atoms with Crippen LogP contribution in [0, 0.1) is 5.41 Å². The van der Waals surface area contributed by atoms with Gasteiger partial charge in [0, 0.05) is 11.6 Å². The smallest absolute Gasteiger partial charge is 0.271 e. The Labute approximate surface area is 160 Å². The maximum atomic E-state index is 12.8. The van der Waals surface area contributed by atoms with Gasteiger partial charge in [0.25, 0.3) is 5.91 Å². The largest absolute Gasteiger partial charge is 0.497 e. The van der Waals surface area contributed by atoms with Crippen molar-refractivity contribution in [1.82, 2.24) is 0 Å². The molecule has 0 aliphatic carbocycles. The van der Waals surface area contributed by atoms with E-state index in [2.05, 4.69) is 0 Å². The second kappa shape index (κ2) is 7.17. The summed E-state index contributed by atoms with van der Waals surface area (Å²) in [7, 11) is 1.59. The number of thioether (sulfide) groups is 1. The topological polar surface area (TPSA) is 66.5 Å². The standard InChI is InChI=1S/C21H16N2O3S/c1-25-16-9-7-15(8-10-16)23-20(24)19(27-21(23)22)13-17-11-12-18(26-17)14-5-3-2-4-6-14/h2-13,22H,1H3. The Bertz CT molecular complexity index is 1020. The predicted molar refractivity (Wildman–Crippen MR) is 108 cm³/mol. The zero-order valence-corrected chi connectivity index (χ0v) is 15.3. The number of anilines is 1. The average Bonchev–Trinajstić information content (AvgIpc) is 3.27. The van der Waals surface area contributed by atoms with Crippen molar-refractivity contribution in [1.29, 1.82) is 5.41 Å². The van der Waals surface area contributed by atoms with Gasteiger partial charge in [-0.15, -0.1) is 0 Å². The van der Waals surface area contributed by atoms with Crippen LogP contribution in [0.15, 0.2) is 76.1 Å². The highest BCUT2D eigenvalue weighted by Gasteiger charge is 2.33. The zero-order chi connectivity index (χ0) is 18.8. The van der Waals surface area contributed by atoms with Gasteiger partial charge in [-0.2, -0.15) is 0 Å². The molecular formula is C21H16N2O3S. The number of benzene rings is 2. The van der Waals surface area contributed by atoms with Gasteiger partial charge < -0.3 is 9.15 Å². The summed E-state index contributed by atoms with van der Waals surface area (Å²) in [4.78, 5) is 14.6. The SMILES string of the molecule is COc1ccc(N2C(=N)SC(=Cc3ccc(-c4ccccc4)o3)C2=O)cc1. The second-order valence-corrected chi connectivity index (χ2v) is 6.85. The Morgan fingerprint density at radius 2 is 1.78 bits per heavy atom. The highest BCUT2D eigenvalue weighted by molar-refractivity contribution is 8.19. The molecule has 0 atom stereocenters. The molecule has 6 heteroatoms. The zero-order valence-electron chi connectivity index (χ0n) is 14.5. The molecule has 0 bridgehead atoms. The minimum absolute atomic E-state index is 0.159. The molecular weight excluding hydrogens is 360 g/mol. The second-order valence-electron chi connectivity index (χ2n) is 5.82. The van der Waals surface area contributed by atoms with Crippen molar-refractivity contribution < 1.29 is 13.9 Å². The molecule has 5 nitrogen and oxygen atoms in total. The number of carbonyl (C=O) groups is 1. The van der Waals surface area contributed by atoms with E-state index in [1.54, 1.807) is 37.5 Å². The van der Waals surface area contributed by atoms with E-state index in [1.807, 2.05) is 42.5 Å². The van der Waals surface area contributed by atoms with Crippen LogP contribution in [0.4, 0.5) is 5.69 Å². The van der Waals surface area contributed by atoms with Gasteiger partial charge in [-0.05, 0) is 48.2 Å². The first kappa shape index (κ1) is 17.2. The number of carbonyl (C=O) groups excluding carboxylic acids is 1. The fourth-order valence-corrected chi connectivity index (χ4v) is 3.61. The molecule has 2 aromatic carbocycles. The number of ether oxygens (including phenoxy) is 1. The summed E-state index contributed by atoms with van der Waals surface area (Å²) in [6.45, 7) is 0. The van der Waals surface area contributed by atoms with Gasteiger partial charge in [0.1, 0.15) is 17.3 Å². The third kappa shape index (κ3) is 3.39. The number of amides is 1. The van der Waals surface area contributed by atoms with Crippen LogP contribution in [0.25, 0.3) is 17.4 Å². The van der Waals surface area contributed by atoms with E-state index in [0.29, 0.717) is 22.1 Å². The van der Waals surface area contributed by atoms with Crippen molar-refractivity contribution >= 4 is 34.6 Å². The lowest BCUT2D eigenvalue weighted by molar-refractivity contribution is -0.113. The van der Waals surface area contributed by atoms with Gasteiger partial charge in [0.2, 0.25) is 0 Å². The molecule has 1 fully saturated rings. The monoisotopic (exact) mass is 376 g/mol.